The number of piperidine rings is 2. The summed E-state index contributed by atoms with van der Waals surface area (Å²) in [6.45, 7) is 8.49. The van der Waals surface area contributed by atoms with Crippen molar-refractivity contribution < 1.29 is 33.4 Å². The van der Waals surface area contributed by atoms with E-state index in [2.05, 4.69) is 10.1 Å². The monoisotopic (exact) mass is 531 g/mol. The first-order valence-electron chi connectivity index (χ1n) is 13.3. The van der Waals surface area contributed by atoms with Crippen molar-refractivity contribution in [2.24, 2.45) is 11.8 Å². The van der Waals surface area contributed by atoms with E-state index in [4.69, 9.17) is 9.47 Å². The molecule has 3 rings (SSSR count). The van der Waals surface area contributed by atoms with Gasteiger partial charge in [-0.25, -0.2) is 9.59 Å². The molecule has 0 radical (unpaired) electrons. The smallest absolute Gasteiger partial charge is 0.410 e. The Kier molecular flexibility index (Phi) is 9.99. The first kappa shape index (κ1) is 29.3. The zero-order chi connectivity index (χ0) is 27.9. The number of hydrogen-bond acceptors (Lipinski definition) is 8. The van der Waals surface area contributed by atoms with E-state index >= 15 is 0 Å². The maximum Gasteiger partial charge on any atom is 0.410 e. The van der Waals surface area contributed by atoms with Crippen LogP contribution < -0.4 is 5.32 Å². The molecule has 0 aromatic heterocycles. The summed E-state index contributed by atoms with van der Waals surface area (Å²) in [6, 6.07) is 5.98. The van der Waals surface area contributed by atoms with Crippen LogP contribution in [0, 0.1) is 11.8 Å². The van der Waals surface area contributed by atoms with Crippen LogP contribution in [0.1, 0.15) is 63.2 Å². The number of nitrogens with one attached hydrogen (secondary N) is 1. The summed E-state index contributed by atoms with van der Waals surface area (Å²) in [7, 11) is 2.52. The first-order chi connectivity index (χ1) is 18.0. The van der Waals surface area contributed by atoms with Crippen LogP contribution in [0.15, 0.2) is 24.3 Å². The van der Waals surface area contributed by atoms with Gasteiger partial charge in [0.2, 0.25) is 0 Å². The van der Waals surface area contributed by atoms with Gasteiger partial charge in [-0.15, -0.1) is 0 Å². The van der Waals surface area contributed by atoms with E-state index in [-0.39, 0.29) is 18.4 Å². The van der Waals surface area contributed by atoms with E-state index in [0.717, 1.165) is 38.8 Å². The summed E-state index contributed by atoms with van der Waals surface area (Å²) < 4.78 is 14.9. The normalized spacial score (nSPS) is 17.9. The quantitative estimate of drug-likeness (QED) is 0.418. The van der Waals surface area contributed by atoms with Crippen LogP contribution in [0.4, 0.5) is 10.5 Å². The van der Waals surface area contributed by atoms with Gasteiger partial charge in [0.15, 0.2) is 0 Å². The third-order valence-corrected chi connectivity index (χ3v) is 7.24. The number of carbonyl (C=O) groups is 4. The lowest BCUT2D eigenvalue weighted by atomic mass is 9.79. The standard InChI is InChI=1S/C28H41N3O7/c1-28(2,3)38-27(35)31-16-12-20(13-17-31)19-10-14-30(15-11-19)25(33)21-6-8-22(9-7-21)29-23(26(34)37-5)18-24(32)36-4/h6-9,19-20,23,29H,10-18H2,1-5H3/t23-/m0/s1. The fourth-order valence-corrected chi connectivity index (χ4v) is 5.13. The number of carbonyl (C=O) groups excluding carboxylic acids is 4. The van der Waals surface area contributed by atoms with Crippen molar-refractivity contribution >= 4 is 29.6 Å². The van der Waals surface area contributed by atoms with Gasteiger partial charge in [0.05, 0.1) is 20.6 Å². The van der Waals surface area contributed by atoms with Crippen molar-refractivity contribution in [3.8, 4) is 0 Å². The van der Waals surface area contributed by atoms with Gasteiger partial charge in [0.25, 0.3) is 5.91 Å². The fraction of sp³-hybridized carbons (Fsp3) is 0.643. The maximum atomic E-state index is 13.1. The Balaban J connectivity index is 1.48. The number of rotatable bonds is 7. The molecule has 0 spiro atoms. The highest BCUT2D eigenvalue weighted by Crippen LogP contribution is 2.33. The summed E-state index contributed by atoms with van der Waals surface area (Å²) in [5.74, 6) is -0.0139. The van der Waals surface area contributed by atoms with Crippen LogP contribution in [-0.4, -0.2) is 85.8 Å². The molecule has 10 heteroatoms. The number of hydrogen-bond donors (Lipinski definition) is 1. The molecular formula is C28H41N3O7. The highest BCUT2D eigenvalue weighted by molar-refractivity contribution is 5.94. The molecule has 10 nitrogen and oxygen atoms in total. The molecule has 2 heterocycles. The Hall–Kier alpha value is -3.30. The summed E-state index contributed by atoms with van der Waals surface area (Å²) in [5, 5.41) is 2.97. The molecule has 2 amide bonds. The number of anilines is 1. The van der Waals surface area contributed by atoms with Crippen LogP contribution in [0.5, 0.6) is 0 Å². The van der Waals surface area contributed by atoms with Crippen LogP contribution >= 0.6 is 0 Å². The molecule has 1 aromatic carbocycles. The van der Waals surface area contributed by atoms with Gasteiger partial charge in [-0.1, -0.05) is 0 Å². The van der Waals surface area contributed by atoms with Gasteiger partial charge < -0.3 is 29.3 Å². The van der Waals surface area contributed by atoms with Gasteiger partial charge >= 0.3 is 18.0 Å². The van der Waals surface area contributed by atoms with Crippen molar-refractivity contribution in [2.45, 2.75) is 64.5 Å². The second-order valence-electron chi connectivity index (χ2n) is 11.0. The Bertz CT molecular complexity index is 973. The van der Waals surface area contributed by atoms with Crippen molar-refractivity contribution in [1.29, 1.82) is 0 Å². The van der Waals surface area contributed by atoms with E-state index in [1.54, 1.807) is 24.3 Å². The Morgan fingerprint density at radius 2 is 1.39 bits per heavy atom. The minimum absolute atomic E-state index is 0.0196. The number of esters is 2. The van der Waals surface area contributed by atoms with Crippen molar-refractivity contribution in [3.05, 3.63) is 29.8 Å². The number of amides is 2. The average molecular weight is 532 g/mol. The molecule has 0 saturated carbocycles. The fourth-order valence-electron chi connectivity index (χ4n) is 5.13. The number of ether oxygens (including phenoxy) is 3. The van der Waals surface area contributed by atoms with Crippen molar-refractivity contribution in [3.63, 3.8) is 0 Å². The molecule has 0 aliphatic carbocycles. The number of benzene rings is 1. The Morgan fingerprint density at radius 1 is 0.868 bits per heavy atom. The van der Waals surface area contributed by atoms with Gasteiger partial charge in [0, 0.05) is 37.4 Å². The summed E-state index contributed by atoms with van der Waals surface area (Å²) >= 11 is 0. The van der Waals surface area contributed by atoms with E-state index in [9.17, 15) is 19.2 Å². The van der Waals surface area contributed by atoms with E-state index in [0.29, 0.717) is 36.2 Å². The molecular weight excluding hydrogens is 490 g/mol. The van der Waals surface area contributed by atoms with Crippen molar-refractivity contribution in [1.82, 2.24) is 9.80 Å². The number of likely N-dealkylation sites (tertiary alicyclic amines) is 2. The zero-order valence-corrected chi connectivity index (χ0v) is 23.2. The lowest BCUT2D eigenvalue weighted by Gasteiger charge is -2.40. The highest BCUT2D eigenvalue weighted by atomic mass is 16.6. The third-order valence-electron chi connectivity index (χ3n) is 7.24. The molecule has 2 aliphatic rings. The first-order valence-corrected chi connectivity index (χ1v) is 13.3. The van der Waals surface area contributed by atoms with E-state index in [1.165, 1.54) is 14.2 Å². The molecule has 1 aromatic rings. The zero-order valence-electron chi connectivity index (χ0n) is 23.2. The topological polar surface area (TPSA) is 114 Å². The van der Waals surface area contributed by atoms with Crippen LogP contribution in [-0.2, 0) is 23.8 Å². The average Bonchev–Trinajstić information content (AvgIpc) is 2.91. The minimum atomic E-state index is -0.885. The SMILES string of the molecule is COC(=O)C[C@H](Nc1ccc(C(=O)N2CCC(C3CCN(C(=O)OC(C)(C)C)CC3)CC2)cc1)C(=O)OC. The molecule has 0 unspecified atom stereocenters. The largest absolute Gasteiger partial charge is 0.469 e. The van der Waals surface area contributed by atoms with E-state index < -0.39 is 23.6 Å². The molecule has 38 heavy (non-hydrogen) atoms. The Labute approximate surface area is 225 Å². The highest BCUT2D eigenvalue weighted by Gasteiger charge is 2.33. The Morgan fingerprint density at radius 3 is 1.87 bits per heavy atom. The molecule has 2 aliphatic heterocycles. The van der Waals surface area contributed by atoms with Crippen LogP contribution in [0.2, 0.25) is 0 Å². The predicted molar refractivity (Wildman–Crippen MR) is 142 cm³/mol. The summed E-state index contributed by atoms with van der Waals surface area (Å²) in [4.78, 5) is 52.8. The molecule has 1 N–H and O–H groups in total. The molecule has 2 saturated heterocycles. The van der Waals surface area contributed by atoms with Gasteiger partial charge in [-0.2, -0.15) is 0 Å². The third kappa shape index (κ3) is 8.10. The molecule has 2 fully saturated rings. The van der Waals surface area contributed by atoms with Gasteiger partial charge in [-0.05, 0) is 82.6 Å². The second-order valence-corrected chi connectivity index (χ2v) is 11.0. The van der Waals surface area contributed by atoms with E-state index in [1.807, 2.05) is 30.6 Å². The maximum absolute atomic E-state index is 13.1. The summed E-state index contributed by atoms with van der Waals surface area (Å²) in [6.07, 6.45) is 3.44. The van der Waals surface area contributed by atoms with Crippen LogP contribution in [0.3, 0.4) is 0 Å². The second kappa shape index (κ2) is 13.0. The molecule has 0 bridgehead atoms. The lowest BCUT2D eigenvalue weighted by Crippen LogP contribution is -2.45. The van der Waals surface area contributed by atoms with Gasteiger partial charge in [-0.3, -0.25) is 9.59 Å². The molecule has 210 valence electrons. The summed E-state index contributed by atoms with van der Waals surface area (Å²) in [5.41, 5.74) is 0.680. The number of nitrogens with zero attached hydrogens (tertiary/aromatic N) is 2. The predicted octanol–water partition coefficient (Wildman–Crippen LogP) is 3.70. The van der Waals surface area contributed by atoms with Gasteiger partial charge in [0.1, 0.15) is 11.6 Å². The molecule has 1 atom stereocenters. The van der Waals surface area contributed by atoms with Crippen LogP contribution in [0.25, 0.3) is 0 Å². The minimum Gasteiger partial charge on any atom is -0.469 e. The number of methoxy groups -OCH3 is 2. The lowest BCUT2D eigenvalue weighted by molar-refractivity contribution is -0.148. The van der Waals surface area contributed by atoms with Crippen molar-refractivity contribution in [2.75, 3.05) is 45.7 Å².